The number of rotatable bonds is 2. The first-order valence-electron chi connectivity index (χ1n) is 5.71. The van der Waals surface area contributed by atoms with Gasteiger partial charge in [-0.05, 0) is 12.1 Å². The fraction of sp³-hybridized carbons (Fsp3) is 0.308. The molecular formula is C13H14N2O4. The Kier molecular flexibility index (Phi) is 2.81. The van der Waals surface area contributed by atoms with Crippen LogP contribution in [-0.2, 0) is 5.41 Å². The summed E-state index contributed by atoms with van der Waals surface area (Å²) in [4.78, 5) is 26.6. The van der Waals surface area contributed by atoms with Crippen LogP contribution in [0.3, 0.4) is 0 Å². The maximum atomic E-state index is 11.3. The molecule has 0 radical (unpaired) electrons. The molecule has 0 bridgehead atoms. The number of fused-ring (bicyclic) bond motifs is 1. The maximum Gasteiger partial charge on any atom is 0.356 e. The normalized spacial score (nSPS) is 11.7. The summed E-state index contributed by atoms with van der Waals surface area (Å²) in [7, 11) is 0. The second-order valence-electron chi connectivity index (χ2n) is 5.28. The van der Waals surface area contributed by atoms with Gasteiger partial charge in [0.25, 0.3) is 0 Å². The predicted octanol–water partition coefficient (Wildman–Crippen LogP) is 2.03. The summed E-state index contributed by atoms with van der Waals surface area (Å²) in [6.45, 7) is 5.67. The average molecular weight is 262 g/mol. The summed E-state index contributed by atoms with van der Waals surface area (Å²) in [6.07, 6.45) is 1.63. The van der Waals surface area contributed by atoms with E-state index in [0.717, 1.165) is 0 Å². The van der Waals surface area contributed by atoms with Crippen molar-refractivity contribution in [3.63, 3.8) is 0 Å². The molecule has 0 atom stereocenters. The molecule has 6 nitrogen and oxygen atoms in total. The van der Waals surface area contributed by atoms with Crippen LogP contribution in [0.5, 0.6) is 0 Å². The Morgan fingerprint density at radius 1 is 1.21 bits per heavy atom. The Labute approximate surface area is 109 Å². The quantitative estimate of drug-likeness (QED) is 0.863. The zero-order valence-electron chi connectivity index (χ0n) is 10.8. The SMILES string of the molecule is CC(C)(C)c1nc(C(=O)O)c2c(C(=O)O)cccn12. The fourth-order valence-electron chi connectivity index (χ4n) is 1.99. The van der Waals surface area contributed by atoms with Gasteiger partial charge in [0.05, 0.1) is 11.1 Å². The molecule has 19 heavy (non-hydrogen) atoms. The first-order valence-corrected chi connectivity index (χ1v) is 5.71. The van der Waals surface area contributed by atoms with Crippen LogP contribution in [-0.4, -0.2) is 31.5 Å². The number of aromatic carboxylic acids is 2. The highest BCUT2D eigenvalue weighted by Crippen LogP contribution is 2.26. The van der Waals surface area contributed by atoms with Gasteiger partial charge < -0.3 is 14.6 Å². The fourth-order valence-corrected chi connectivity index (χ4v) is 1.99. The third-order valence-corrected chi connectivity index (χ3v) is 2.77. The number of imidazole rings is 1. The smallest absolute Gasteiger partial charge is 0.356 e. The van der Waals surface area contributed by atoms with Crippen molar-refractivity contribution < 1.29 is 19.8 Å². The summed E-state index contributed by atoms with van der Waals surface area (Å²) in [5.74, 6) is -1.89. The molecule has 0 fully saturated rings. The first kappa shape index (κ1) is 13.1. The summed E-state index contributed by atoms with van der Waals surface area (Å²) < 4.78 is 1.53. The lowest BCUT2D eigenvalue weighted by molar-refractivity contribution is 0.0691. The molecule has 0 saturated heterocycles. The van der Waals surface area contributed by atoms with Crippen molar-refractivity contribution in [3.05, 3.63) is 35.4 Å². The Balaban J connectivity index is 2.95. The molecule has 0 spiro atoms. The Hall–Kier alpha value is -2.37. The molecule has 0 aromatic carbocycles. The minimum atomic E-state index is -1.23. The van der Waals surface area contributed by atoms with Crippen LogP contribution in [0.4, 0.5) is 0 Å². The van der Waals surface area contributed by atoms with Gasteiger partial charge >= 0.3 is 11.9 Å². The summed E-state index contributed by atoms with van der Waals surface area (Å²) >= 11 is 0. The summed E-state index contributed by atoms with van der Waals surface area (Å²) in [5, 5.41) is 18.4. The molecule has 100 valence electrons. The number of carboxylic acid groups (broad SMARTS) is 2. The molecule has 6 heteroatoms. The van der Waals surface area contributed by atoms with Gasteiger partial charge in [0.2, 0.25) is 0 Å². The van der Waals surface area contributed by atoms with Gasteiger partial charge in [-0.15, -0.1) is 0 Å². The van der Waals surface area contributed by atoms with Gasteiger partial charge in [-0.1, -0.05) is 20.8 Å². The van der Waals surface area contributed by atoms with E-state index in [2.05, 4.69) is 4.98 Å². The molecule has 2 heterocycles. The molecule has 0 aliphatic rings. The van der Waals surface area contributed by atoms with Crippen LogP contribution < -0.4 is 0 Å². The van der Waals surface area contributed by atoms with Crippen LogP contribution in [0, 0.1) is 0 Å². The highest BCUT2D eigenvalue weighted by molar-refractivity contribution is 6.03. The van der Waals surface area contributed by atoms with Crippen molar-refractivity contribution >= 4 is 17.5 Å². The lowest BCUT2D eigenvalue weighted by atomic mass is 9.96. The van der Waals surface area contributed by atoms with Crippen LogP contribution in [0.1, 0.15) is 47.4 Å². The average Bonchev–Trinajstić information content (AvgIpc) is 2.67. The standard InChI is InChI=1S/C13H14N2O4/c1-13(2,3)12-14-8(11(18)19)9-7(10(16)17)5-4-6-15(9)12/h4-6H,1-3H3,(H,16,17)(H,18,19). The van der Waals surface area contributed by atoms with E-state index in [1.807, 2.05) is 20.8 Å². The van der Waals surface area contributed by atoms with E-state index < -0.39 is 17.4 Å². The zero-order chi connectivity index (χ0) is 14.4. The van der Waals surface area contributed by atoms with Gasteiger partial charge in [-0.3, -0.25) is 0 Å². The number of hydrogen-bond donors (Lipinski definition) is 2. The van der Waals surface area contributed by atoms with Crippen molar-refractivity contribution in [2.24, 2.45) is 0 Å². The second kappa shape index (κ2) is 4.08. The Morgan fingerprint density at radius 3 is 2.32 bits per heavy atom. The number of carboxylic acids is 2. The molecule has 0 amide bonds. The van der Waals surface area contributed by atoms with Crippen LogP contribution >= 0.6 is 0 Å². The monoisotopic (exact) mass is 262 g/mol. The van der Waals surface area contributed by atoms with Crippen molar-refractivity contribution in [2.75, 3.05) is 0 Å². The third kappa shape index (κ3) is 2.05. The van der Waals surface area contributed by atoms with Gasteiger partial charge in [0.15, 0.2) is 5.69 Å². The van der Waals surface area contributed by atoms with E-state index in [9.17, 15) is 14.7 Å². The molecule has 0 aliphatic heterocycles. The summed E-state index contributed by atoms with van der Waals surface area (Å²) in [5.41, 5.74) is -0.577. The van der Waals surface area contributed by atoms with Crippen molar-refractivity contribution in [2.45, 2.75) is 26.2 Å². The van der Waals surface area contributed by atoms with Crippen LogP contribution in [0.25, 0.3) is 5.52 Å². The molecule has 2 rings (SSSR count). The van der Waals surface area contributed by atoms with E-state index in [-0.39, 0.29) is 16.8 Å². The molecule has 0 saturated carbocycles. The number of carbonyl (C=O) groups is 2. The Bertz CT molecular complexity index is 680. The minimum absolute atomic E-state index is 0.0668. The molecule has 2 aromatic rings. The van der Waals surface area contributed by atoms with Crippen molar-refractivity contribution in [3.8, 4) is 0 Å². The minimum Gasteiger partial charge on any atom is -0.478 e. The van der Waals surface area contributed by atoms with E-state index >= 15 is 0 Å². The van der Waals surface area contributed by atoms with Crippen LogP contribution in [0.15, 0.2) is 18.3 Å². The summed E-state index contributed by atoms with van der Waals surface area (Å²) in [6, 6.07) is 2.94. The number of nitrogens with zero attached hydrogens (tertiary/aromatic N) is 2. The van der Waals surface area contributed by atoms with Crippen molar-refractivity contribution in [1.29, 1.82) is 0 Å². The van der Waals surface area contributed by atoms with Gasteiger partial charge in [0, 0.05) is 11.6 Å². The highest BCUT2D eigenvalue weighted by atomic mass is 16.4. The molecule has 0 aliphatic carbocycles. The van der Waals surface area contributed by atoms with Crippen molar-refractivity contribution in [1.82, 2.24) is 9.38 Å². The van der Waals surface area contributed by atoms with Gasteiger partial charge in [-0.2, -0.15) is 0 Å². The molecular weight excluding hydrogens is 248 g/mol. The number of aromatic nitrogens is 2. The lowest BCUT2D eigenvalue weighted by Crippen LogP contribution is -2.16. The predicted molar refractivity (Wildman–Crippen MR) is 67.8 cm³/mol. The largest absolute Gasteiger partial charge is 0.478 e. The Morgan fingerprint density at radius 2 is 1.84 bits per heavy atom. The second-order valence-corrected chi connectivity index (χ2v) is 5.28. The first-order chi connectivity index (χ1) is 8.73. The molecule has 0 unspecified atom stereocenters. The van der Waals surface area contributed by atoms with E-state index in [1.165, 1.54) is 10.5 Å². The zero-order valence-corrected chi connectivity index (χ0v) is 10.8. The molecule has 2 aromatic heterocycles. The van der Waals surface area contributed by atoms with Crippen LogP contribution in [0.2, 0.25) is 0 Å². The number of pyridine rings is 1. The number of hydrogen-bond acceptors (Lipinski definition) is 3. The molecule has 2 N–H and O–H groups in total. The topological polar surface area (TPSA) is 91.9 Å². The van der Waals surface area contributed by atoms with E-state index in [4.69, 9.17) is 5.11 Å². The maximum absolute atomic E-state index is 11.3. The van der Waals surface area contributed by atoms with E-state index in [0.29, 0.717) is 5.82 Å². The third-order valence-electron chi connectivity index (χ3n) is 2.77. The van der Waals surface area contributed by atoms with Gasteiger partial charge in [0.1, 0.15) is 5.82 Å². The lowest BCUT2D eigenvalue weighted by Gasteiger charge is -2.16. The highest BCUT2D eigenvalue weighted by Gasteiger charge is 2.27. The van der Waals surface area contributed by atoms with Gasteiger partial charge in [-0.25, -0.2) is 14.6 Å². The van der Waals surface area contributed by atoms with E-state index in [1.54, 1.807) is 12.3 Å².